The molecule has 0 atom stereocenters. The van der Waals surface area contributed by atoms with Crippen LogP contribution in [-0.4, -0.2) is 22.1 Å². The molecule has 1 aromatic heterocycles. The number of aryl methyl sites for hydroxylation is 1. The van der Waals surface area contributed by atoms with Crippen molar-refractivity contribution in [2.24, 2.45) is 0 Å². The number of aromatic nitrogens is 2. The van der Waals surface area contributed by atoms with Gasteiger partial charge < -0.3 is 15.0 Å². The number of anilines is 1. The number of imidazole rings is 1. The summed E-state index contributed by atoms with van der Waals surface area (Å²) < 4.78 is 7.12. The molecule has 0 amide bonds. The van der Waals surface area contributed by atoms with E-state index >= 15 is 0 Å². The zero-order chi connectivity index (χ0) is 13.7. The standard InChI is InChI=1S/C14H17N3O2/c1-11-16-5-6-17(11)7-8-19-14(18)10-12-3-2-4-13(15)9-12/h2-6,9H,7-8,10,15H2,1H3. The molecule has 0 bridgehead atoms. The van der Waals surface area contributed by atoms with Gasteiger partial charge in [-0.25, -0.2) is 4.98 Å². The second-order valence-corrected chi connectivity index (χ2v) is 4.31. The van der Waals surface area contributed by atoms with Crippen LogP contribution >= 0.6 is 0 Å². The topological polar surface area (TPSA) is 70.1 Å². The Morgan fingerprint density at radius 2 is 2.32 bits per heavy atom. The molecular weight excluding hydrogens is 242 g/mol. The number of benzene rings is 1. The van der Waals surface area contributed by atoms with Crippen LogP contribution in [0.1, 0.15) is 11.4 Å². The summed E-state index contributed by atoms with van der Waals surface area (Å²) in [6.45, 7) is 2.88. The van der Waals surface area contributed by atoms with Crippen molar-refractivity contribution in [3.8, 4) is 0 Å². The highest BCUT2D eigenvalue weighted by molar-refractivity contribution is 5.72. The van der Waals surface area contributed by atoms with Gasteiger partial charge in [0.1, 0.15) is 12.4 Å². The number of carbonyl (C=O) groups is 1. The molecule has 5 heteroatoms. The van der Waals surface area contributed by atoms with Crippen LogP contribution in [0.3, 0.4) is 0 Å². The quantitative estimate of drug-likeness (QED) is 0.653. The molecule has 100 valence electrons. The molecule has 2 aromatic rings. The first-order chi connectivity index (χ1) is 9.15. The first-order valence-electron chi connectivity index (χ1n) is 6.13. The van der Waals surface area contributed by atoms with E-state index in [0.29, 0.717) is 18.8 Å². The van der Waals surface area contributed by atoms with Crippen molar-refractivity contribution in [2.45, 2.75) is 19.9 Å². The van der Waals surface area contributed by atoms with E-state index in [0.717, 1.165) is 11.4 Å². The minimum atomic E-state index is -0.247. The van der Waals surface area contributed by atoms with Gasteiger partial charge in [-0.05, 0) is 24.6 Å². The number of carbonyl (C=O) groups excluding carboxylic acids is 1. The van der Waals surface area contributed by atoms with Gasteiger partial charge in [0.05, 0.1) is 13.0 Å². The third-order valence-electron chi connectivity index (χ3n) is 2.82. The van der Waals surface area contributed by atoms with Crippen molar-refractivity contribution in [1.29, 1.82) is 0 Å². The van der Waals surface area contributed by atoms with Crippen molar-refractivity contribution in [3.63, 3.8) is 0 Å². The lowest BCUT2D eigenvalue weighted by molar-refractivity contribution is -0.143. The lowest BCUT2D eigenvalue weighted by atomic mass is 10.1. The molecule has 1 aromatic carbocycles. The Morgan fingerprint density at radius 1 is 1.47 bits per heavy atom. The van der Waals surface area contributed by atoms with Crippen LogP contribution in [0.25, 0.3) is 0 Å². The summed E-state index contributed by atoms with van der Waals surface area (Å²) in [6.07, 6.45) is 3.83. The first kappa shape index (κ1) is 13.1. The highest BCUT2D eigenvalue weighted by Gasteiger charge is 2.05. The molecule has 0 aliphatic rings. The Labute approximate surface area is 112 Å². The van der Waals surface area contributed by atoms with E-state index in [1.807, 2.05) is 29.8 Å². The van der Waals surface area contributed by atoms with Crippen molar-refractivity contribution in [2.75, 3.05) is 12.3 Å². The maximum absolute atomic E-state index is 11.6. The number of ether oxygens (including phenoxy) is 1. The fourth-order valence-electron chi connectivity index (χ4n) is 1.82. The van der Waals surface area contributed by atoms with Crippen molar-refractivity contribution in [1.82, 2.24) is 9.55 Å². The van der Waals surface area contributed by atoms with E-state index in [2.05, 4.69) is 4.98 Å². The second-order valence-electron chi connectivity index (χ2n) is 4.31. The first-order valence-corrected chi connectivity index (χ1v) is 6.13. The molecule has 0 saturated carbocycles. The van der Waals surface area contributed by atoms with Crippen LogP contribution < -0.4 is 5.73 Å². The molecule has 2 N–H and O–H groups in total. The number of nitrogen functional groups attached to an aromatic ring is 1. The summed E-state index contributed by atoms with van der Waals surface area (Å²) >= 11 is 0. The molecule has 0 unspecified atom stereocenters. The van der Waals surface area contributed by atoms with Gasteiger partial charge in [0.15, 0.2) is 0 Å². The Bertz CT molecular complexity index is 563. The zero-order valence-electron chi connectivity index (χ0n) is 10.9. The van der Waals surface area contributed by atoms with Gasteiger partial charge in [-0.15, -0.1) is 0 Å². The molecular formula is C14H17N3O2. The Kier molecular flexibility index (Phi) is 4.18. The van der Waals surface area contributed by atoms with Crippen LogP contribution in [0.4, 0.5) is 5.69 Å². The fraction of sp³-hybridized carbons (Fsp3) is 0.286. The predicted octanol–water partition coefficient (Wildman–Crippen LogP) is 1.56. The van der Waals surface area contributed by atoms with E-state index in [1.165, 1.54) is 0 Å². The second kappa shape index (κ2) is 6.04. The minimum Gasteiger partial charge on any atom is -0.464 e. The van der Waals surface area contributed by atoms with Crippen molar-refractivity contribution in [3.05, 3.63) is 48.0 Å². The summed E-state index contributed by atoms with van der Waals surface area (Å²) in [7, 11) is 0. The number of hydrogen-bond donors (Lipinski definition) is 1. The molecule has 0 radical (unpaired) electrons. The van der Waals surface area contributed by atoms with Crippen LogP contribution in [0.5, 0.6) is 0 Å². The number of hydrogen-bond acceptors (Lipinski definition) is 4. The molecule has 0 spiro atoms. The molecule has 19 heavy (non-hydrogen) atoms. The van der Waals surface area contributed by atoms with Gasteiger partial charge in [0.2, 0.25) is 0 Å². The monoisotopic (exact) mass is 259 g/mol. The van der Waals surface area contributed by atoms with E-state index < -0.39 is 0 Å². The largest absolute Gasteiger partial charge is 0.464 e. The SMILES string of the molecule is Cc1nccn1CCOC(=O)Cc1cccc(N)c1. The zero-order valence-corrected chi connectivity index (χ0v) is 10.9. The summed E-state index contributed by atoms with van der Waals surface area (Å²) in [5.41, 5.74) is 7.17. The summed E-state index contributed by atoms with van der Waals surface area (Å²) in [5, 5.41) is 0. The molecule has 5 nitrogen and oxygen atoms in total. The predicted molar refractivity (Wildman–Crippen MR) is 72.5 cm³/mol. The van der Waals surface area contributed by atoms with E-state index in [-0.39, 0.29) is 12.4 Å². The highest BCUT2D eigenvalue weighted by atomic mass is 16.5. The Morgan fingerprint density at radius 3 is 3.00 bits per heavy atom. The van der Waals surface area contributed by atoms with Crippen LogP contribution in [0, 0.1) is 6.92 Å². The third-order valence-corrected chi connectivity index (χ3v) is 2.82. The Hall–Kier alpha value is -2.30. The Balaban J connectivity index is 1.77. The van der Waals surface area contributed by atoms with E-state index in [9.17, 15) is 4.79 Å². The molecule has 0 fully saturated rings. The third kappa shape index (κ3) is 3.84. The molecule has 1 heterocycles. The lowest BCUT2D eigenvalue weighted by Gasteiger charge is -2.07. The normalized spacial score (nSPS) is 10.4. The van der Waals surface area contributed by atoms with Crippen LogP contribution in [-0.2, 0) is 22.5 Å². The van der Waals surface area contributed by atoms with Gasteiger partial charge in [0.25, 0.3) is 0 Å². The fourth-order valence-corrected chi connectivity index (χ4v) is 1.82. The van der Waals surface area contributed by atoms with Gasteiger partial charge in [-0.2, -0.15) is 0 Å². The maximum Gasteiger partial charge on any atom is 0.310 e. The van der Waals surface area contributed by atoms with E-state index in [1.54, 1.807) is 18.3 Å². The maximum atomic E-state index is 11.6. The van der Waals surface area contributed by atoms with Crippen molar-refractivity contribution >= 4 is 11.7 Å². The van der Waals surface area contributed by atoms with Gasteiger partial charge in [-0.3, -0.25) is 4.79 Å². The average Bonchev–Trinajstić information content (AvgIpc) is 2.75. The number of rotatable bonds is 5. The van der Waals surface area contributed by atoms with Gasteiger partial charge in [-0.1, -0.05) is 12.1 Å². The average molecular weight is 259 g/mol. The van der Waals surface area contributed by atoms with Gasteiger partial charge in [0, 0.05) is 18.1 Å². The number of nitrogens with two attached hydrogens (primary N) is 1. The lowest BCUT2D eigenvalue weighted by Crippen LogP contribution is -2.13. The number of nitrogens with zero attached hydrogens (tertiary/aromatic N) is 2. The highest BCUT2D eigenvalue weighted by Crippen LogP contribution is 2.07. The molecule has 0 saturated heterocycles. The number of esters is 1. The molecule has 0 aliphatic heterocycles. The van der Waals surface area contributed by atoms with Crippen LogP contribution in [0.2, 0.25) is 0 Å². The van der Waals surface area contributed by atoms with Gasteiger partial charge >= 0.3 is 5.97 Å². The summed E-state index contributed by atoms with van der Waals surface area (Å²) in [4.78, 5) is 15.7. The molecule has 2 rings (SSSR count). The summed E-state index contributed by atoms with van der Waals surface area (Å²) in [6, 6.07) is 7.25. The smallest absolute Gasteiger partial charge is 0.310 e. The van der Waals surface area contributed by atoms with Crippen LogP contribution in [0.15, 0.2) is 36.7 Å². The van der Waals surface area contributed by atoms with Crippen molar-refractivity contribution < 1.29 is 9.53 Å². The van der Waals surface area contributed by atoms with E-state index in [4.69, 9.17) is 10.5 Å². The molecule has 0 aliphatic carbocycles. The minimum absolute atomic E-state index is 0.244. The summed E-state index contributed by atoms with van der Waals surface area (Å²) in [5.74, 6) is 0.662.